The summed E-state index contributed by atoms with van der Waals surface area (Å²) in [4.78, 5) is 8.35. The Hall–Kier alpha value is -1.63. The second-order valence-corrected chi connectivity index (χ2v) is 5.27. The van der Waals surface area contributed by atoms with Crippen LogP contribution in [0.1, 0.15) is 25.6 Å². The standard InChI is InChI=1S/C13H11BrF3N3/c1-6(2)13-19-11(14)5-12(20-13)18-10-4-8(16)7(15)3-9(10)17/h3-6H,1-2H3,(H,18,19,20). The van der Waals surface area contributed by atoms with Crippen molar-refractivity contribution in [1.82, 2.24) is 9.97 Å². The van der Waals surface area contributed by atoms with Crippen LogP contribution in [0.5, 0.6) is 0 Å². The molecule has 0 radical (unpaired) electrons. The molecule has 2 rings (SSSR count). The third-order valence-electron chi connectivity index (χ3n) is 2.50. The first-order valence-electron chi connectivity index (χ1n) is 5.83. The lowest BCUT2D eigenvalue weighted by molar-refractivity contribution is 0.496. The Morgan fingerprint density at radius 3 is 2.30 bits per heavy atom. The smallest absolute Gasteiger partial charge is 0.161 e. The predicted octanol–water partition coefficient (Wildman–Crippen LogP) is 4.52. The lowest BCUT2D eigenvalue weighted by atomic mass is 10.2. The quantitative estimate of drug-likeness (QED) is 0.656. The Bertz CT molecular complexity index is 647. The molecule has 0 bridgehead atoms. The molecule has 0 aliphatic carbocycles. The van der Waals surface area contributed by atoms with E-state index in [0.29, 0.717) is 22.3 Å². The van der Waals surface area contributed by atoms with E-state index < -0.39 is 17.5 Å². The number of benzene rings is 1. The van der Waals surface area contributed by atoms with Crippen LogP contribution in [0, 0.1) is 17.5 Å². The summed E-state index contributed by atoms with van der Waals surface area (Å²) in [6, 6.07) is 2.75. The van der Waals surface area contributed by atoms with E-state index in [9.17, 15) is 13.2 Å². The minimum Gasteiger partial charge on any atom is -0.338 e. The summed E-state index contributed by atoms with van der Waals surface area (Å²) in [6.45, 7) is 3.81. The van der Waals surface area contributed by atoms with E-state index in [-0.39, 0.29) is 11.6 Å². The second-order valence-electron chi connectivity index (χ2n) is 4.46. The van der Waals surface area contributed by atoms with Gasteiger partial charge in [0, 0.05) is 24.1 Å². The van der Waals surface area contributed by atoms with Gasteiger partial charge < -0.3 is 5.32 Å². The van der Waals surface area contributed by atoms with Crippen molar-refractivity contribution < 1.29 is 13.2 Å². The number of nitrogens with one attached hydrogen (secondary N) is 1. The molecule has 0 fully saturated rings. The normalized spacial score (nSPS) is 10.9. The van der Waals surface area contributed by atoms with Crippen LogP contribution >= 0.6 is 15.9 Å². The van der Waals surface area contributed by atoms with Gasteiger partial charge in [0.25, 0.3) is 0 Å². The zero-order valence-corrected chi connectivity index (χ0v) is 12.3. The Kier molecular flexibility index (Phi) is 4.27. The number of halogens is 4. The molecule has 2 aromatic rings. The van der Waals surface area contributed by atoms with E-state index in [1.54, 1.807) is 0 Å². The average Bonchev–Trinajstić information content (AvgIpc) is 2.35. The van der Waals surface area contributed by atoms with E-state index in [2.05, 4.69) is 31.2 Å². The topological polar surface area (TPSA) is 37.8 Å². The van der Waals surface area contributed by atoms with Gasteiger partial charge in [-0.15, -0.1) is 0 Å². The average molecular weight is 346 g/mol. The molecule has 1 heterocycles. The van der Waals surface area contributed by atoms with Gasteiger partial charge >= 0.3 is 0 Å². The molecule has 0 aliphatic rings. The van der Waals surface area contributed by atoms with Crippen molar-refractivity contribution in [3.63, 3.8) is 0 Å². The van der Waals surface area contributed by atoms with Crippen LogP contribution in [-0.4, -0.2) is 9.97 Å². The highest BCUT2D eigenvalue weighted by Gasteiger charge is 2.12. The number of anilines is 2. The first-order chi connectivity index (χ1) is 9.36. The highest BCUT2D eigenvalue weighted by Crippen LogP contribution is 2.24. The van der Waals surface area contributed by atoms with E-state index in [4.69, 9.17) is 0 Å². The van der Waals surface area contributed by atoms with Crippen molar-refractivity contribution in [3.8, 4) is 0 Å². The van der Waals surface area contributed by atoms with Crippen LogP contribution in [0.25, 0.3) is 0 Å². The van der Waals surface area contributed by atoms with Crippen molar-refractivity contribution >= 4 is 27.4 Å². The van der Waals surface area contributed by atoms with Gasteiger partial charge in [0.2, 0.25) is 0 Å². The van der Waals surface area contributed by atoms with Crippen molar-refractivity contribution in [2.75, 3.05) is 5.32 Å². The van der Waals surface area contributed by atoms with Crippen LogP contribution in [0.15, 0.2) is 22.8 Å². The maximum absolute atomic E-state index is 13.6. The van der Waals surface area contributed by atoms with Gasteiger partial charge in [-0.1, -0.05) is 13.8 Å². The summed E-state index contributed by atoms with van der Waals surface area (Å²) in [5.74, 6) is -2.36. The molecule has 0 aliphatic heterocycles. The molecule has 1 N–H and O–H groups in total. The molecule has 1 aromatic heterocycles. The molecule has 7 heteroatoms. The third-order valence-corrected chi connectivity index (χ3v) is 2.91. The Labute approximate surface area is 122 Å². The lowest BCUT2D eigenvalue weighted by Crippen LogP contribution is -2.04. The van der Waals surface area contributed by atoms with Gasteiger partial charge in [-0.2, -0.15) is 0 Å². The molecule has 3 nitrogen and oxygen atoms in total. The summed E-state index contributed by atoms with van der Waals surface area (Å²) in [6.07, 6.45) is 0. The monoisotopic (exact) mass is 345 g/mol. The van der Waals surface area contributed by atoms with E-state index in [1.807, 2.05) is 13.8 Å². The fourth-order valence-corrected chi connectivity index (χ4v) is 1.91. The molecule has 0 saturated heterocycles. The summed E-state index contributed by atoms with van der Waals surface area (Å²) < 4.78 is 40.0. The van der Waals surface area contributed by atoms with Gasteiger partial charge in [-0.3, -0.25) is 0 Å². The molecule has 1 aromatic carbocycles. The van der Waals surface area contributed by atoms with Crippen LogP contribution in [-0.2, 0) is 0 Å². The molecule has 0 spiro atoms. The molecule has 20 heavy (non-hydrogen) atoms. The van der Waals surface area contributed by atoms with Crippen molar-refractivity contribution in [2.24, 2.45) is 0 Å². The number of nitrogens with zero attached hydrogens (tertiary/aromatic N) is 2. The largest absolute Gasteiger partial charge is 0.338 e. The molecule has 0 saturated carbocycles. The minimum absolute atomic E-state index is 0.0721. The predicted molar refractivity (Wildman–Crippen MR) is 73.4 cm³/mol. The fraction of sp³-hybridized carbons (Fsp3) is 0.231. The van der Waals surface area contributed by atoms with Crippen LogP contribution in [0.4, 0.5) is 24.7 Å². The van der Waals surface area contributed by atoms with E-state index >= 15 is 0 Å². The number of aromatic nitrogens is 2. The van der Waals surface area contributed by atoms with Gasteiger partial charge in [-0.25, -0.2) is 23.1 Å². The van der Waals surface area contributed by atoms with Crippen molar-refractivity contribution in [2.45, 2.75) is 19.8 Å². The zero-order chi connectivity index (χ0) is 14.9. The fourth-order valence-electron chi connectivity index (χ4n) is 1.51. The van der Waals surface area contributed by atoms with Crippen molar-refractivity contribution in [3.05, 3.63) is 46.1 Å². The van der Waals surface area contributed by atoms with Gasteiger partial charge in [0.1, 0.15) is 22.1 Å². The Morgan fingerprint density at radius 2 is 1.65 bits per heavy atom. The summed E-state index contributed by atoms with van der Waals surface area (Å²) >= 11 is 3.22. The lowest BCUT2D eigenvalue weighted by Gasteiger charge is -2.10. The zero-order valence-electron chi connectivity index (χ0n) is 10.7. The highest BCUT2D eigenvalue weighted by molar-refractivity contribution is 9.10. The molecule has 0 amide bonds. The van der Waals surface area contributed by atoms with E-state index in [1.165, 1.54) is 6.07 Å². The SMILES string of the molecule is CC(C)c1nc(Br)cc(Nc2cc(F)c(F)cc2F)n1. The maximum atomic E-state index is 13.6. The molecule has 0 unspecified atom stereocenters. The minimum atomic E-state index is -1.24. The first-order valence-corrected chi connectivity index (χ1v) is 6.62. The molecular weight excluding hydrogens is 335 g/mol. The van der Waals surface area contributed by atoms with Crippen LogP contribution < -0.4 is 5.32 Å². The van der Waals surface area contributed by atoms with Gasteiger partial charge in [0.15, 0.2) is 11.6 Å². The Morgan fingerprint density at radius 1 is 1.00 bits per heavy atom. The Balaban J connectivity index is 2.37. The van der Waals surface area contributed by atoms with Gasteiger partial charge in [-0.05, 0) is 15.9 Å². The molecular formula is C13H11BrF3N3. The second kappa shape index (κ2) is 5.78. The van der Waals surface area contributed by atoms with Crippen LogP contribution in [0.2, 0.25) is 0 Å². The highest BCUT2D eigenvalue weighted by atomic mass is 79.9. The first kappa shape index (κ1) is 14.8. The third kappa shape index (κ3) is 3.27. The van der Waals surface area contributed by atoms with Crippen molar-refractivity contribution in [1.29, 1.82) is 0 Å². The van der Waals surface area contributed by atoms with Crippen LogP contribution in [0.3, 0.4) is 0 Å². The summed E-state index contributed by atoms with van der Waals surface area (Å²) in [5, 5.41) is 2.61. The molecule has 0 atom stereocenters. The number of rotatable bonds is 3. The number of hydrogen-bond acceptors (Lipinski definition) is 3. The summed E-state index contributed by atoms with van der Waals surface area (Å²) in [5.41, 5.74) is -0.191. The van der Waals surface area contributed by atoms with E-state index in [0.717, 1.165) is 6.07 Å². The number of hydrogen-bond donors (Lipinski definition) is 1. The van der Waals surface area contributed by atoms with Gasteiger partial charge in [0.05, 0.1) is 5.69 Å². The molecule has 106 valence electrons. The maximum Gasteiger partial charge on any atom is 0.161 e. The summed E-state index contributed by atoms with van der Waals surface area (Å²) in [7, 11) is 0.